The Hall–Kier alpha value is -0.0800. The third-order valence-corrected chi connectivity index (χ3v) is 3.22. The zero-order valence-corrected chi connectivity index (χ0v) is 11.1. The van der Waals surface area contributed by atoms with E-state index in [2.05, 4.69) is 6.92 Å². The van der Waals surface area contributed by atoms with E-state index in [1.807, 2.05) is 6.92 Å². The van der Waals surface area contributed by atoms with Gasteiger partial charge < -0.3 is 10.2 Å². The highest BCUT2D eigenvalue weighted by molar-refractivity contribution is 4.65. The van der Waals surface area contributed by atoms with Crippen molar-refractivity contribution in [2.75, 3.05) is 0 Å². The summed E-state index contributed by atoms with van der Waals surface area (Å²) in [7, 11) is 0. The summed E-state index contributed by atoms with van der Waals surface area (Å²) in [5.74, 6) is 0. The first-order valence-corrected chi connectivity index (χ1v) is 7.08. The van der Waals surface area contributed by atoms with Crippen LogP contribution in [-0.2, 0) is 0 Å². The van der Waals surface area contributed by atoms with E-state index in [1.54, 1.807) is 0 Å². The molecule has 0 amide bonds. The molecular formula is C14H30O2. The predicted molar refractivity (Wildman–Crippen MR) is 69.5 cm³/mol. The van der Waals surface area contributed by atoms with Crippen LogP contribution in [0.1, 0.15) is 78.1 Å². The number of rotatable bonds is 11. The number of unbranched alkanes of at least 4 members (excludes halogenated alkanes) is 7. The van der Waals surface area contributed by atoms with Crippen molar-refractivity contribution in [3.63, 3.8) is 0 Å². The standard InChI is InChI=1S/C14H30O2/c1-3-5-6-7-8-9-10-11-12-14(16)13(15)4-2/h13-16H,3-12H2,1-2H3/t13-,14-/m0/s1. The van der Waals surface area contributed by atoms with Crippen molar-refractivity contribution in [3.05, 3.63) is 0 Å². The van der Waals surface area contributed by atoms with Gasteiger partial charge in [0.2, 0.25) is 0 Å². The maximum atomic E-state index is 9.54. The molecule has 0 aromatic rings. The van der Waals surface area contributed by atoms with Gasteiger partial charge >= 0.3 is 0 Å². The average Bonchev–Trinajstić information content (AvgIpc) is 2.31. The number of hydrogen-bond acceptors (Lipinski definition) is 2. The van der Waals surface area contributed by atoms with Crippen LogP contribution < -0.4 is 0 Å². The largest absolute Gasteiger partial charge is 0.390 e. The van der Waals surface area contributed by atoms with Crippen molar-refractivity contribution in [2.45, 2.75) is 90.3 Å². The first-order valence-electron chi connectivity index (χ1n) is 7.08. The van der Waals surface area contributed by atoms with E-state index in [9.17, 15) is 10.2 Å². The van der Waals surface area contributed by atoms with Crippen molar-refractivity contribution >= 4 is 0 Å². The zero-order valence-electron chi connectivity index (χ0n) is 11.1. The maximum absolute atomic E-state index is 9.54. The molecule has 98 valence electrons. The van der Waals surface area contributed by atoms with Gasteiger partial charge in [0.1, 0.15) is 0 Å². The lowest BCUT2D eigenvalue weighted by atomic mass is 10.0. The molecular weight excluding hydrogens is 200 g/mol. The van der Waals surface area contributed by atoms with E-state index in [1.165, 1.54) is 44.9 Å². The van der Waals surface area contributed by atoms with E-state index < -0.39 is 12.2 Å². The molecule has 2 nitrogen and oxygen atoms in total. The molecule has 2 N–H and O–H groups in total. The quantitative estimate of drug-likeness (QED) is 0.532. The first-order chi connectivity index (χ1) is 7.72. The van der Waals surface area contributed by atoms with Crippen molar-refractivity contribution in [1.29, 1.82) is 0 Å². The zero-order chi connectivity index (χ0) is 12.2. The monoisotopic (exact) mass is 230 g/mol. The Labute approximate surface area is 101 Å². The van der Waals surface area contributed by atoms with E-state index in [0.29, 0.717) is 6.42 Å². The molecule has 0 aromatic carbocycles. The molecule has 0 bridgehead atoms. The second-order valence-electron chi connectivity index (χ2n) is 4.81. The van der Waals surface area contributed by atoms with Crippen LogP contribution >= 0.6 is 0 Å². The summed E-state index contributed by atoms with van der Waals surface area (Å²) in [6.07, 6.45) is 10.6. The van der Waals surface area contributed by atoms with Gasteiger partial charge in [-0.1, -0.05) is 65.2 Å². The van der Waals surface area contributed by atoms with Crippen LogP contribution in [0.15, 0.2) is 0 Å². The minimum atomic E-state index is -0.524. The molecule has 0 aliphatic carbocycles. The Morgan fingerprint density at radius 3 is 1.69 bits per heavy atom. The van der Waals surface area contributed by atoms with Gasteiger partial charge in [0.25, 0.3) is 0 Å². The van der Waals surface area contributed by atoms with Gasteiger partial charge in [-0.15, -0.1) is 0 Å². The van der Waals surface area contributed by atoms with Gasteiger partial charge in [-0.3, -0.25) is 0 Å². The van der Waals surface area contributed by atoms with Crippen LogP contribution in [0.4, 0.5) is 0 Å². The summed E-state index contributed by atoms with van der Waals surface area (Å²) < 4.78 is 0. The van der Waals surface area contributed by atoms with Gasteiger partial charge in [-0.2, -0.15) is 0 Å². The molecule has 0 unspecified atom stereocenters. The Morgan fingerprint density at radius 2 is 1.19 bits per heavy atom. The number of aliphatic hydroxyl groups is 2. The van der Waals surface area contributed by atoms with Gasteiger partial charge in [0, 0.05) is 0 Å². The summed E-state index contributed by atoms with van der Waals surface area (Å²) in [5, 5.41) is 18.9. The van der Waals surface area contributed by atoms with Gasteiger partial charge in [-0.05, 0) is 12.8 Å². The van der Waals surface area contributed by atoms with Gasteiger partial charge in [0.15, 0.2) is 0 Å². The van der Waals surface area contributed by atoms with Crippen molar-refractivity contribution < 1.29 is 10.2 Å². The third-order valence-electron chi connectivity index (χ3n) is 3.22. The topological polar surface area (TPSA) is 40.5 Å². The molecule has 2 heteroatoms. The molecule has 0 aliphatic heterocycles. The average molecular weight is 230 g/mol. The number of aliphatic hydroxyl groups excluding tert-OH is 2. The van der Waals surface area contributed by atoms with Gasteiger partial charge in [0.05, 0.1) is 12.2 Å². The van der Waals surface area contributed by atoms with Crippen LogP contribution in [0, 0.1) is 0 Å². The third kappa shape index (κ3) is 9.17. The molecule has 0 fully saturated rings. The molecule has 0 saturated carbocycles. The first kappa shape index (κ1) is 15.9. The lowest BCUT2D eigenvalue weighted by Crippen LogP contribution is -2.24. The van der Waals surface area contributed by atoms with Crippen LogP contribution in [0.25, 0.3) is 0 Å². The minimum absolute atomic E-state index is 0.509. The molecule has 0 aliphatic rings. The molecule has 0 heterocycles. The second kappa shape index (κ2) is 11.4. The summed E-state index contributed by atoms with van der Waals surface area (Å²) in [6.45, 7) is 4.14. The number of hydrogen-bond donors (Lipinski definition) is 2. The maximum Gasteiger partial charge on any atom is 0.0799 e. The van der Waals surface area contributed by atoms with Crippen LogP contribution in [0.5, 0.6) is 0 Å². The molecule has 0 saturated heterocycles. The summed E-state index contributed by atoms with van der Waals surface area (Å²) in [4.78, 5) is 0. The fourth-order valence-electron chi connectivity index (χ4n) is 1.95. The molecule has 2 atom stereocenters. The minimum Gasteiger partial charge on any atom is -0.390 e. The summed E-state index contributed by atoms with van der Waals surface area (Å²) >= 11 is 0. The van der Waals surface area contributed by atoms with Crippen molar-refractivity contribution in [2.24, 2.45) is 0 Å². The molecule has 0 spiro atoms. The van der Waals surface area contributed by atoms with E-state index in [-0.39, 0.29) is 0 Å². The van der Waals surface area contributed by atoms with Crippen molar-refractivity contribution in [3.8, 4) is 0 Å². The van der Waals surface area contributed by atoms with E-state index >= 15 is 0 Å². The second-order valence-corrected chi connectivity index (χ2v) is 4.81. The summed E-state index contributed by atoms with van der Waals surface area (Å²) in [5.41, 5.74) is 0. The Morgan fingerprint density at radius 1 is 0.688 bits per heavy atom. The Kier molecular flexibility index (Phi) is 11.3. The highest BCUT2D eigenvalue weighted by Crippen LogP contribution is 2.12. The smallest absolute Gasteiger partial charge is 0.0799 e. The van der Waals surface area contributed by atoms with Gasteiger partial charge in [-0.25, -0.2) is 0 Å². The highest BCUT2D eigenvalue weighted by Gasteiger charge is 2.12. The lowest BCUT2D eigenvalue weighted by Gasteiger charge is -2.15. The van der Waals surface area contributed by atoms with Crippen LogP contribution in [0.3, 0.4) is 0 Å². The van der Waals surface area contributed by atoms with Crippen LogP contribution in [-0.4, -0.2) is 22.4 Å². The lowest BCUT2D eigenvalue weighted by molar-refractivity contribution is 0.0114. The molecule has 0 radical (unpaired) electrons. The normalized spacial score (nSPS) is 15.0. The predicted octanol–water partition coefficient (Wildman–Crippen LogP) is 3.65. The van der Waals surface area contributed by atoms with Crippen molar-refractivity contribution in [1.82, 2.24) is 0 Å². The molecule has 0 aromatic heterocycles. The molecule has 16 heavy (non-hydrogen) atoms. The fourth-order valence-corrected chi connectivity index (χ4v) is 1.95. The fraction of sp³-hybridized carbons (Fsp3) is 1.00. The Balaban J connectivity index is 3.14. The highest BCUT2D eigenvalue weighted by atomic mass is 16.3. The van der Waals surface area contributed by atoms with E-state index in [4.69, 9.17) is 0 Å². The Bertz CT molecular complexity index is 137. The molecule has 0 rings (SSSR count). The SMILES string of the molecule is CCCCCCCCCC[C@H](O)[C@@H](O)CC. The van der Waals surface area contributed by atoms with E-state index in [0.717, 1.165) is 12.8 Å². The summed E-state index contributed by atoms with van der Waals surface area (Å²) in [6, 6.07) is 0. The van der Waals surface area contributed by atoms with Crippen LogP contribution in [0.2, 0.25) is 0 Å².